The van der Waals surface area contributed by atoms with Gasteiger partial charge in [0.15, 0.2) is 10.4 Å². The molecular weight excluding hydrogens is 330 g/mol. The molecule has 3 N–H and O–H groups in total. The van der Waals surface area contributed by atoms with Crippen LogP contribution in [0.3, 0.4) is 0 Å². The van der Waals surface area contributed by atoms with E-state index < -0.39 is 14.8 Å². The summed E-state index contributed by atoms with van der Waals surface area (Å²) in [5, 5.41) is 13.5. The minimum absolute atomic E-state index is 0.0909. The predicted octanol–water partition coefficient (Wildman–Crippen LogP) is 0.485. The van der Waals surface area contributed by atoms with E-state index in [0.29, 0.717) is 31.6 Å². The lowest BCUT2D eigenvalue weighted by Gasteiger charge is -2.34. The molecule has 1 atom stereocenters. The van der Waals surface area contributed by atoms with Crippen LogP contribution in [0.1, 0.15) is 37.3 Å². The Morgan fingerprint density at radius 3 is 2.92 bits per heavy atom. The van der Waals surface area contributed by atoms with Gasteiger partial charge >= 0.3 is 0 Å². The molecule has 128 valence electrons. The van der Waals surface area contributed by atoms with Crippen molar-refractivity contribution in [3.8, 4) is 0 Å². The van der Waals surface area contributed by atoms with Gasteiger partial charge in [0.25, 0.3) is 0 Å². The second kappa shape index (κ2) is 5.25. The fraction of sp³-hybridized carbons (Fsp3) is 0.533. The molecule has 1 saturated carbocycles. The standard InChI is InChI=1S/C15H19N5O3S/c16-24(22,23)15(5-6-15)14(21)20-8-2-3-10(9-20)12-11-4-1-7-17-13(11)19-18-12/h1,4,7,10H,2-3,5-6,8-9H2,(H2,16,22,23)(H,17,18,19). The Morgan fingerprint density at radius 2 is 2.21 bits per heavy atom. The van der Waals surface area contributed by atoms with Gasteiger partial charge in [-0.1, -0.05) is 0 Å². The molecule has 0 bridgehead atoms. The molecule has 1 aliphatic carbocycles. The zero-order chi connectivity index (χ0) is 16.9. The highest BCUT2D eigenvalue weighted by molar-refractivity contribution is 7.91. The highest BCUT2D eigenvalue weighted by atomic mass is 32.2. The van der Waals surface area contributed by atoms with Crippen molar-refractivity contribution in [2.75, 3.05) is 13.1 Å². The summed E-state index contributed by atoms with van der Waals surface area (Å²) in [5.41, 5.74) is 1.61. The number of carbonyl (C=O) groups is 1. The molecular formula is C15H19N5O3S. The van der Waals surface area contributed by atoms with E-state index in [2.05, 4.69) is 15.2 Å². The molecule has 24 heavy (non-hydrogen) atoms. The average Bonchev–Trinajstić information content (AvgIpc) is 3.28. The molecule has 9 heteroatoms. The number of aromatic amines is 1. The molecule has 3 heterocycles. The van der Waals surface area contributed by atoms with Crippen LogP contribution in [0, 0.1) is 0 Å². The number of sulfonamides is 1. The third-order valence-electron chi connectivity index (χ3n) is 5.11. The zero-order valence-corrected chi connectivity index (χ0v) is 13.9. The van der Waals surface area contributed by atoms with Gasteiger partial charge in [0, 0.05) is 36.3 Å². The smallest absolute Gasteiger partial charge is 0.245 e. The van der Waals surface area contributed by atoms with Gasteiger partial charge in [-0.05, 0) is 37.8 Å². The van der Waals surface area contributed by atoms with E-state index in [1.165, 1.54) is 0 Å². The Balaban J connectivity index is 1.60. The van der Waals surface area contributed by atoms with Gasteiger partial charge in [-0.2, -0.15) is 5.10 Å². The summed E-state index contributed by atoms with van der Waals surface area (Å²) >= 11 is 0. The summed E-state index contributed by atoms with van der Waals surface area (Å²) in [4.78, 5) is 18.6. The fourth-order valence-electron chi connectivity index (χ4n) is 3.60. The number of pyridine rings is 1. The Labute approximate surface area is 139 Å². The van der Waals surface area contributed by atoms with E-state index in [1.54, 1.807) is 11.1 Å². The summed E-state index contributed by atoms with van der Waals surface area (Å²) in [6, 6.07) is 3.81. The van der Waals surface area contributed by atoms with Crippen LogP contribution < -0.4 is 5.14 Å². The largest absolute Gasteiger partial charge is 0.341 e. The summed E-state index contributed by atoms with van der Waals surface area (Å²) in [7, 11) is -3.87. The number of aromatic nitrogens is 3. The summed E-state index contributed by atoms with van der Waals surface area (Å²) in [5.74, 6) is -0.259. The van der Waals surface area contributed by atoms with E-state index in [-0.39, 0.29) is 11.8 Å². The topological polar surface area (TPSA) is 122 Å². The number of hydrogen-bond acceptors (Lipinski definition) is 5. The van der Waals surface area contributed by atoms with E-state index in [4.69, 9.17) is 5.14 Å². The molecule has 2 aromatic rings. The Morgan fingerprint density at radius 1 is 1.42 bits per heavy atom. The van der Waals surface area contributed by atoms with Crippen LogP contribution in [0.4, 0.5) is 0 Å². The van der Waals surface area contributed by atoms with Gasteiger partial charge in [-0.25, -0.2) is 18.5 Å². The second-order valence-electron chi connectivity index (χ2n) is 6.64. The number of hydrogen-bond donors (Lipinski definition) is 2. The number of carbonyl (C=O) groups excluding carboxylic acids is 1. The predicted molar refractivity (Wildman–Crippen MR) is 87.5 cm³/mol. The van der Waals surface area contributed by atoms with Crippen molar-refractivity contribution < 1.29 is 13.2 Å². The number of rotatable bonds is 3. The number of nitrogens with one attached hydrogen (secondary N) is 1. The van der Waals surface area contributed by atoms with E-state index in [1.807, 2.05) is 12.1 Å². The normalized spacial score (nSPS) is 23.4. The maximum atomic E-state index is 12.7. The van der Waals surface area contributed by atoms with Crippen LogP contribution in [0.2, 0.25) is 0 Å². The minimum Gasteiger partial charge on any atom is -0.341 e. The average molecular weight is 349 g/mol. The molecule has 0 spiro atoms. The Bertz CT molecular complexity index is 903. The van der Waals surface area contributed by atoms with Gasteiger partial charge < -0.3 is 4.90 Å². The highest BCUT2D eigenvalue weighted by Crippen LogP contribution is 2.44. The van der Waals surface area contributed by atoms with Gasteiger partial charge in [0.1, 0.15) is 0 Å². The number of nitrogens with two attached hydrogens (primary N) is 1. The third kappa shape index (κ3) is 2.30. The monoisotopic (exact) mass is 349 g/mol. The second-order valence-corrected chi connectivity index (χ2v) is 8.51. The first kappa shape index (κ1) is 15.5. The Hall–Kier alpha value is -2.00. The Kier molecular flexibility index (Phi) is 3.40. The maximum absolute atomic E-state index is 12.7. The molecule has 1 amide bonds. The molecule has 4 rings (SSSR count). The van der Waals surface area contributed by atoms with Gasteiger partial charge in [-0.3, -0.25) is 9.89 Å². The van der Waals surface area contributed by atoms with Gasteiger partial charge in [-0.15, -0.1) is 0 Å². The lowest BCUT2D eigenvalue weighted by Crippen LogP contribution is -2.50. The van der Waals surface area contributed by atoms with Crippen molar-refractivity contribution in [1.29, 1.82) is 0 Å². The number of likely N-dealkylation sites (tertiary alicyclic amines) is 1. The first-order chi connectivity index (χ1) is 11.4. The summed E-state index contributed by atoms with van der Waals surface area (Å²) in [6.45, 7) is 1.04. The molecule has 8 nitrogen and oxygen atoms in total. The van der Waals surface area contributed by atoms with Crippen molar-refractivity contribution in [2.24, 2.45) is 5.14 Å². The molecule has 1 saturated heterocycles. The van der Waals surface area contributed by atoms with Crippen molar-refractivity contribution >= 4 is 27.0 Å². The van der Waals surface area contributed by atoms with Gasteiger partial charge in [0.2, 0.25) is 15.9 Å². The van der Waals surface area contributed by atoms with E-state index in [0.717, 1.165) is 23.9 Å². The highest BCUT2D eigenvalue weighted by Gasteiger charge is 2.61. The molecule has 0 aromatic carbocycles. The van der Waals surface area contributed by atoms with Crippen LogP contribution >= 0.6 is 0 Å². The summed E-state index contributed by atoms with van der Waals surface area (Å²) in [6.07, 6.45) is 4.06. The zero-order valence-electron chi connectivity index (χ0n) is 13.1. The number of primary sulfonamides is 1. The lowest BCUT2D eigenvalue weighted by atomic mass is 9.93. The minimum atomic E-state index is -3.87. The van der Waals surface area contributed by atoms with Crippen molar-refractivity contribution in [2.45, 2.75) is 36.3 Å². The SMILES string of the molecule is NS(=O)(=O)C1(C(=O)N2CCCC(c3[nH]nc4ncccc34)C2)CC1. The first-order valence-electron chi connectivity index (χ1n) is 8.03. The molecule has 2 aromatic heterocycles. The van der Waals surface area contributed by atoms with Crippen molar-refractivity contribution in [3.63, 3.8) is 0 Å². The van der Waals surface area contributed by atoms with Crippen LogP contribution in [-0.2, 0) is 14.8 Å². The molecule has 2 fully saturated rings. The van der Waals surface area contributed by atoms with Crippen molar-refractivity contribution in [1.82, 2.24) is 20.1 Å². The maximum Gasteiger partial charge on any atom is 0.245 e. The van der Waals surface area contributed by atoms with Crippen LogP contribution in [0.25, 0.3) is 11.0 Å². The van der Waals surface area contributed by atoms with Crippen LogP contribution in [-0.4, -0.2) is 52.2 Å². The number of piperidine rings is 1. The number of nitrogens with zero attached hydrogens (tertiary/aromatic N) is 3. The molecule has 2 aliphatic rings. The third-order valence-corrected chi connectivity index (χ3v) is 6.79. The molecule has 1 aliphatic heterocycles. The van der Waals surface area contributed by atoms with Crippen LogP contribution in [0.15, 0.2) is 18.3 Å². The molecule has 1 unspecified atom stereocenters. The van der Waals surface area contributed by atoms with Crippen LogP contribution in [0.5, 0.6) is 0 Å². The van der Waals surface area contributed by atoms with E-state index in [9.17, 15) is 13.2 Å². The van der Waals surface area contributed by atoms with E-state index >= 15 is 0 Å². The fourth-order valence-corrected chi connectivity index (χ4v) is 4.64. The van der Waals surface area contributed by atoms with Gasteiger partial charge in [0.05, 0.1) is 0 Å². The number of fused-ring (bicyclic) bond motifs is 1. The first-order valence-corrected chi connectivity index (χ1v) is 9.58. The summed E-state index contributed by atoms with van der Waals surface area (Å²) < 4.78 is 22.2. The molecule has 0 radical (unpaired) electrons. The lowest BCUT2D eigenvalue weighted by molar-refractivity contribution is -0.132. The number of amides is 1. The quantitative estimate of drug-likeness (QED) is 0.835. The number of H-pyrrole nitrogens is 1. The van der Waals surface area contributed by atoms with Crippen molar-refractivity contribution in [3.05, 3.63) is 24.0 Å².